The molecule has 1 aromatic heterocycles. The van der Waals surface area contributed by atoms with Crippen molar-refractivity contribution in [2.45, 2.75) is 39.5 Å². The van der Waals surface area contributed by atoms with Gasteiger partial charge < -0.3 is 9.15 Å². The number of ether oxygens (including phenoxy) is 1. The highest BCUT2D eigenvalue weighted by Gasteiger charge is 2.20. The van der Waals surface area contributed by atoms with Gasteiger partial charge in [0.2, 0.25) is 5.76 Å². The van der Waals surface area contributed by atoms with E-state index < -0.39 is 0 Å². The molecular weight excluding hydrogens is 240 g/mol. The molecule has 0 saturated heterocycles. The predicted octanol–water partition coefficient (Wildman–Crippen LogP) is 4.21. The van der Waals surface area contributed by atoms with Crippen LogP contribution in [0, 0.1) is 11.8 Å². The van der Waals surface area contributed by atoms with E-state index in [0.29, 0.717) is 12.5 Å². The van der Waals surface area contributed by atoms with Crippen LogP contribution in [0.4, 0.5) is 0 Å². The smallest absolute Gasteiger partial charge is 0.374 e. The summed E-state index contributed by atoms with van der Waals surface area (Å²) in [4.78, 5) is 11.6. The minimum atomic E-state index is -0.364. The summed E-state index contributed by atoms with van der Waals surface area (Å²) in [7, 11) is 0. The highest BCUT2D eigenvalue weighted by molar-refractivity contribution is 5.86. The molecule has 0 saturated carbocycles. The molecule has 0 aromatic carbocycles. The zero-order valence-corrected chi connectivity index (χ0v) is 11.7. The Balaban J connectivity index is 1.69. The number of esters is 1. The van der Waals surface area contributed by atoms with Crippen LogP contribution in [0.25, 0.3) is 0 Å². The molecule has 104 valence electrons. The molecule has 3 heteroatoms. The Morgan fingerprint density at radius 3 is 3.05 bits per heavy atom. The minimum Gasteiger partial charge on any atom is -0.460 e. The number of rotatable bonds is 5. The van der Waals surface area contributed by atoms with E-state index in [1.54, 1.807) is 12.1 Å². The summed E-state index contributed by atoms with van der Waals surface area (Å²) in [6, 6.07) is 3.32. The van der Waals surface area contributed by atoms with E-state index in [1.165, 1.54) is 31.1 Å². The van der Waals surface area contributed by atoms with Gasteiger partial charge in [0.25, 0.3) is 0 Å². The van der Waals surface area contributed by atoms with Crippen molar-refractivity contribution in [2.75, 3.05) is 6.61 Å². The summed E-state index contributed by atoms with van der Waals surface area (Å²) >= 11 is 0. The van der Waals surface area contributed by atoms with Crippen LogP contribution in [0.15, 0.2) is 34.5 Å². The molecule has 3 nitrogen and oxygen atoms in total. The molecule has 2 atom stereocenters. The van der Waals surface area contributed by atoms with Gasteiger partial charge in [0.15, 0.2) is 0 Å². The highest BCUT2D eigenvalue weighted by atomic mass is 16.5. The van der Waals surface area contributed by atoms with Gasteiger partial charge in [0, 0.05) is 0 Å². The fourth-order valence-corrected chi connectivity index (χ4v) is 2.54. The molecule has 0 N–H and O–H groups in total. The number of carbonyl (C=O) groups excluding carboxylic acids is 1. The zero-order valence-electron chi connectivity index (χ0n) is 11.7. The molecule has 2 rings (SSSR count). The maximum Gasteiger partial charge on any atom is 0.374 e. The molecule has 1 heterocycles. The van der Waals surface area contributed by atoms with Gasteiger partial charge in [0.05, 0.1) is 12.9 Å². The Hall–Kier alpha value is -1.51. The van der Waals surface area contributed by atoms with Crippen molar-refractivity contribution < 1.29 is 13.9 Å². The first-order valence-electron chi connectivity index (χ1n) is 7.03. The summed E-state index contributed by atoms with van der Waals surface area (Å²) in [6.07, 6.45) is 8.38. The maximum atomic E-state index is 11.6. The quantitative estimate of drug-likeness (QED) is 0.589. The van der Waals surface area contributed by atoms with Crippen LogP contribution in [0.3, 0.4) is 0 Å². The minimum absolute atomic E-state index is 0.281. The molecule has 2 unspecified atom stereocenters. The van der Waals surface area contributed by atoms with Gasteiger partial charge in [-0.3, -0.25) is 0 Å². The number of hydrogen-bond acceptors (Lipinski definition) is 3. The Bertz CT molecular complexity index is 431. The van der Waals surface area contributed by atoms with Crippen LogP contribution >= 0.6 is 0 Å². The van der Waals surface area contributed by atoms with Crippen molar-refractivity contribution in [3.8, 4) is 0 Å². The average molecular weight is 262 g/mol. The molecule has 0 spiro atoms. The zero-order chi connectivity index (χ0) is 13.7. The van der Waals surface area contributed by atoms with E-state index in [0.717, 1.165) is 12.3 Å². The second-order valence-electron chi connectivity index (χ2n) is 5.46. The summed E-state index contributed by atoms with van der Waals surface area (Å²) < 4.78 is 10.2. The standard InChI is InChI=1S/C16H22O3/c1-12-5-7-14(8-6-12)13(2)9-11-19-16(17)15-4-3-10-18-15/h3-5,10,13-14H,6-9,11H2,1-2H3. The van der Waals surface area contributed by atoms with E-state index in [-0.39, 0.29) is 11.7 Å². The molecule has 1 aliphatic rings. The van der Waals surface area contributed by atoms with Crippen molar-refractivity contribution in [1.29, 1.82) is 0 Å². The van der Waals surface area contributed by atoms with Crippen molar-refractivity contribution in [3.05, 3.63) is 35.8 Å². The number of allylic oxidation sites excluding steroid dienone is 2. The second kappa shape index (κ2) is 6.60. The molecule has 0 fully saturated rings. The second-order valence-corrected chi connectivity index (χ2v) is 5.46. The molecule has 0 aliphatic heterocycles. The number of hydrogen-bond donors (Lipinski definition) is 0. The Morgan fingerprint density at radius 1 is 1.58 bits per heavy atom. The maximum absolute atomic E-state index is 11.6. The number of carbonyl (C=O) groups is 1. The predicted molar refractivity (Wildman–Crippen MR) is 73.9 cm³/mol. The lowest BCUT2D eigenvalue weighted by Crippen LogP contribution is -2.17. The van der Waals surface area contributed by atoms with E-state index >= 15 is 0 Å². The van der Waals surface area contributed by atoms with Gasteiger partial charge in [-0.25, -0.2) is 4.79 Å². The largest absolute Gasteiger partial charge is 0.460 e. The first-order chi connectivity index (χ1) is 9.16. The fourth-order valence-electron chi connectivity index (χ4n) is 2.54. The molecule has 1 aromatic rings. The topological polar surface area (TPSA) is 39.4 Å². The van der Waals surface area contributed by atoms with Crippen LogP contribution < -0.4 is 0 Å². The number of furan rings is 1. The van der Waals surface area contributed by atoms with Crippen LogP contribution in [-0.4, -0.2) is 12.6 Å². The van der Waals surface area contributed by atoms with Crippen LogP contribution in [0.5, 0.6) is 0 Å². The normalized spacial score (nSPS) is 20.7. The third-order valence-corrected chi connectivity index (χ3v) is 4.01. The first-order valence-corrected chi connectivity index (χ1v) is 7.03. The third kappa shape index (κ3) is 3.98. The van der Waals surface area contributed by atoms with Crippen molar-refractivity contribution in [3.63, 3.8) is 0 Å². The Morgan fingerprint density at radius 2 is 2.42 bits per heavy atom. The molecule has 19 heavy (non-hydrogen) atoms. The lowest BCUT2D eigenvalue weighted by atomic mass is 9.80. The van der Waals surface area contributed by atoms with Gasteiger partial charge in [-0.2, -0.15) is 0 Å². The lowest BCUT2D eigenvalue weighted by Gasteiger charge is -2.26. The monoisotopic (exact) mass is 262 g/mol. The van der Waals surface area contributed by atoms with Crippen LogP contribution in [0.2, 0.25) is 0 Å². The Kier molecular flexibility index (Phi) is 4.83. The fraction of sp³-hybridized carbons (Fsp3) is 0.562. The Labute approximate surface area is 114 Å². The third-order valence-electron chi connectivity index (χ3n) is 4.01. The molecule has 1 aliphatic carbocycles. The van der Waals surface area contributed by atoms with Gasteiger partial charge in [-0.15, -0.1) is 0 Å². The first kappa shape index (κ1) is 13.9. The van der Waals surface area contributed by atoms with Crippen molar-refractivity contribution >= 4 is 5.97 Å². The van der Waals surface area contributed by atoms with Gasteiger partial charge in [0.1, 0.15) is 0 Å². The van der Waals surface area contributed by atoms with E-state index in [9.17, 15) is 4.79 Å². The van der Waals surface area contributed by atoms with E-state index in [1.807, 2.05) is 0 Å². The van der Waals surface area contributed by atoms with Crippen molar-refractivity contribution in [1.82, 2.24) is 0 Å². The average Bonchev–Trinajstić information content (AvgIpc) is 2.93. The van der Waals surface area contributed by atoms with E-state index in [4.69, 9.17) is 9.15 Å². The van der Waals surface area contributed by atoms with Gasteiger partial charge in [-0.05, 0) is 56.6 Å². The lowest BCUT2D eigenvalue weighted by molar-refractivity contribution is 0.0436. The van der Waals surface area contributed by atoms with E-state index in [2.05, 4.69) is 19.9 Å². The van der Waals surface area contributed by atoms with Crippen LogP contribution in [0.1, 0.15) is 50.1 Å². The van der Waals surface area contributed by atoms with Crippen LogP contribution in [-0.2, 0) is 4.74 Å². The van der Waals surface area contributed by atoms with Crippen molar-refractivity contribution in [2.24, 2.45) is 11.8 Å². The summed E-state index contributed by atoms with van der Waals surface area (Å²) in [5.41, 5.74) is 1.51. The summed E-state index contributed by atoms with van der Waals surface area (Å²) in [5, 5.41) is 0. The molecule has 0 amide bonds. The van der Waals surface area contributed by atoms with Gasteiger partial charge in [-0.1, -0.05) is 18.6 Å². The summed E-state index contributed by atoms with van der Waals surface area (Å²) in [6.45, 7) is 4.92. The SMILES string of the molecule is CC1=CCC(C(C)CCOC(=O)c2ccco2)CC1. The molecule has 0 bridgehead atoms. The van der Waals surface area contributed by atoms with Gasteiger partial charge >= 0.3 is 5.97 Å². The summed E-state index contributed by atoms with van der Waals surface area (Å²) in [5.74, 6) is 1.24. The molecule has 0 radical (unpaired) electrons. The highest BCUT2D eigenvalue weighted by Crippen LogP contribution is 2.30. The molecular formula is C16H22O3.